The fourth-order valence-corrected chi connectivity index (χ4v) is 3.20. The number of aromatic nitrogens is 3. The van der Waals surface area contributed by atoms with Crippen LogP contribution in [0, 0.1) is 0 Å². The number of para-hydroxylation sites is 1. The third-order valence-corrected chi connectivity index (χ3v) is 4.79. The summed E-state index contributed by atoms with van der Waals surface area (Å²) in [5.41, 5.74) is 1.22. The zero-order chi connectivity index (χ0) is 18.5. The normalized spacial score (nSPS) is 11.9. The molecule has 2 heterocycles. The zero-order valence-corrected chi connectivity index (χ0v) is 15.2. The second-order valence-electron chi connectivity index (χ2n) is 5.69. The maximum Gasteiger partial charge on any atom is 0.359 e. The minimum atomic E-state index is -0.702. The van der Waals surface area contributed by atoms with Crippen LogP contribution < -0.4 is 5.32 Å². The summed E-state index contributed by atoms with van der Waals surface area (Å²) in [5, 5.41) is 3.32. The molecule has 0 bridgehead atoms. The van der Waals surface area contributed by atoms with Gasteiger partial charge in [-0.2, -0.15) is 0 Å². The van der Waals surface area contributed by atoms with Gasteiger partial charge < -0.3 is 10.1 Å². The third-order valence-electron chi connectivity index (χ3n) is 3.74. The Bertz CT molecular complexity index is 908. The molecule has 3 aromatic rings. The third kappa shape index (κ3) is 4.02. The van der Waals surface area contributed by atoms with Crippen molar-refractivity contribution in [1.29, 1.82) is 0 Å². The quantitative estimate of drug-likeness (QED) is 0.671. The number of carbonyl (C=O) groups is 2. The van der Waals surface area contributed by atoms with E-state index in [1.54, 1.807) is 0 Å². The van der Waals surface area contributed by atoms with E-state index in [0.717, 1.165) is 16.6 Å². The highest BCUT2D eigenvalue weighted by Gasteiger charge is 2.21. The molecular formula is C18H18N4O3S. The molecule has 0 fully saturated rings. The number of amides is 1. The molecule has 7 nitrogen and oxygen atoms in total. The number of fused-ring (bicyclic) bond motifs is 1. The predicted molar refractivity (Wildman–Crippen MR) is 98.8 cm³/mol. The molecule has 0 radical (unpaired) electrons. The standard InChI is InChI=1S/C18H18N4O3S/c1-3-11(2)21-14(23)10-25-18(24)16-15(19-8-9-20-16)17-22-12-6-4-5-7-13(12)26-17/h4-9,11H,3,10H2,1-2H3,(H,21,23)/t11-/m1/s1. The maximum atomic E-state index is 12.4. The van der Waals surface area contributed by atoms with Crippen LogP contribution in [0.2, 0.25) is 0 Å². The first kappa shape index (κ1) is 17.9. The van der Waals surface area contributed by atoms with Gasteiger partial charge in [0.25, 0.3) is 5.91 Å². The monoisotopic (exact) mass is 370 g/mol. The summed E-state index contributed by atoms with van der Waals surface area (Å²) in [6.45, 7) is 3.48. The van der Waals surface area contributed by atoms with Gasteiger partial charge in [-0.3, -0.25) is 4.79 Å². The van der Waals surface area contributed by atoms with Gasteiger partial charge in [-0.05, 0) is 25.5 Å². The molecule has 1 aromatic carbocycles. The summed E-state index contributed by atoms with van der Waals surface area (Å²) in [6, 6.07) is 7.68. The Morgan fingerprint density at radius 3 is 2.77 bits per heavy atom. The summed E-state index contributed by atoms with van der Waals surface area (Å²) >= 11 is 1.42. The molecule has 0 spiro atoms. The van der Waals surface area contributed by atoms with E-state index in [-0.39, 0.29) is 24.2 Å². The van der Waals surface area contributed by atoms with Crippen LogP contribution in [-0.4, -0.2) is 39.5 Å². The van der Waals surface area contributed by atoms with E-state index < -0.39 is 5.97 Å². The van der Waals surface area contributed by atoms with Crippen LogP contribution >= 0.6 is 11.3 Å². The number of hydrogen-bond donors (Lipinski definition) is 1. The zero-order valence-electron chi connectivity index (χ0n) is 14.4. The predicted octanol–water partition coefficient (Wildman–Crippen LogP) is 2.82. The Morgan fingerprint density at radius 2 is 2.00 bits per heavy atom. The Labute approximate surface area is 154 Å². The van der Waals surface area contributed by atoms with Crippen LogP contribution in [-0.2, 0) is 9.53 Å². The number of hydrogen-bond acceptors (Lipinski definition) is 7. The highest BCUT2D eigenvalue weighted by atomic mass is 32.1. The molecule has 0 aliphatic carbocycles. The first-order chi connectivity index (χ1) is 12.6. The van der Waals surface area contributed by atoms with Crippen molar-refractivity contribution >= 4 is 33.4 Å². The van der Waals surface area contributed by atoms with Crippen molar-refractivity contribution in [2.45, 2.75) is 26.3 Å². The van der Waals surface area contributed by atoms with E-state index in [1.165, 1.54) is 23.7 Å². The molecule has 0 aliphatic rings. The molecule has 26 heavy (non-hydrogen) atoms. The smallest absolute Gasteiger partial charge is 0.359 e. The van der Waals surface area contributed by atoms with Crippen molar-refractivity contribution < 1.29 is 14.3 Å². The number of thiazole rings is 1. The van der Waals surface area contributed by atoms with Crippen LogP contribution in [0.5, 0.6) is 0 Å². The number of esters is 1. The van der Waals surface area contributed by atoms with Crippen LogP contribution in [0.1, 0.15) is 30.8 Å². The molecule has 0 aliphatic heterocycles. The number of ether oxygens (including phenoxy) is 1. The molecule has 1 atom stereocenters. The second-order valence-corrected chi connectivity index (χ2v) is 6.72. The lowest BCUT2D eigenvalue weighted by Gasteiger charge is -2.11. The van der Waals surface area contributed by atoms with Gasteiger partial charge in [0.15, 0.2) is 12.3 Å². The minimum Gasteiger partial charge on any atom is -0.451 e. The van der Waals surface area contributed by atoms with Crippen molar-refractivity contribution in [2.24, 2.45) is 0 Å². The van der Waals surface area contributed by atoms with Crippen molar-refractivity contribution in [1.82, 2.24) is 20.3 Å². The van der Waals surface area contributed by atoms with Gasteiger partial charge in [-0.25, -0.2) is 19.7 Å². The topological polar surface area (TPSA) is 94.1 Å². The largest absolute Gasteiger partial charge is 0.451 e. The van der Waals surface area contributed by atoms with E-state index >= 15 is 0 Å². The van der Waals surface area contributed by atoms with E-state index in [4.69, 9.17) is 4.74 Å². The van der Waals surface area contributed by atoms with Crippen molar-refractivity contribution in [3.63, 3.8) is 0 Å². The average molecular weight is 370 g/mol. The van der Waals surface area contributed by atoms with Crippen molar-refractivity contribution in [3.05, 3.63) is 42.4 Å². The summed E-state index contributed by atoms with van der Waals surface area (Å²) in [5.74, 6) is -1.05. The summed E-state index contributed by atoms with van der Waals surface area (Å²) < 4.78 is 6.08. The number of nitrogens with one attached hydrogen (secondary N) is 1. The van der Waals surface area contributed by atoms with Gasteiger partial charge in [-0.15, -0.1) is 11.3 Å². The Balaban J connectivity index is 1.78. The van der Waals surface area contributed by atoms with E-state index in [1.807, 2.05) is 38.1 Å². The SMILES string of the molecule is CC[C@@H](C)NC(=O)COC(=O)c1nccnc1-c1nc2ccccc2s1. The fraction of sp³-hybridized carbons (Fsp3) is 0.278. The fourth-order valence-electron chi connectivity index (χ4n) is 2.24. The van der Waals surface area contributed by atoms with Gasteiger partial charge in [0, 0.05) is 18.4 Å². The summed E-state index contributed by atoms with van der Waals surface area (Å²) in [6.07, 6.45) is 3.70. The number of nitrogens with zero attached hydrogens (tertiary/aromatic N) is 3. The molecule has 0 saturated carbocycles. The molecule has 2 aromatic heterocycles. The Kier molecular flexibility index (Phi) is 5.52. The van der Waals surface area contributed by atoms with Gasteiger partial charge in [0.2, 0.25) is 0 Å². The van der Waals surface area contributed by atoms with Crippen LogP contribution in [0.4, 0.5) is 0 Å². The highest BCUT2D eigenvalue weighted by molar-refractivity contribution is 7.21. The molecule has 134 valence electrons. The molecule has 1 amide bonds. The molecule has 0 unspecified atom stereocenters. The van der Waals surface area contributed by atoms with Crippen molar-refractivity contribution in [3.8, 4) is 10.7 Å². The molecule has 0 saturated heterocycles. The number of benzene rings is 1. The molecular weight excluding hydrogens is 352 g/mol. The number of rotatable bonds is 6. The molecule has 3 rings (SSSR count). The molecule has 8 heteroatoms. The molecule has 1 N–H and O–H groups in total. The van der Waals surface area contributed by atoms with Crippen molar-refractivity contribution in [2.75, 3.05) is 6.61 Å². The average Bonchev–Trinajstić information content (AvgIpc) is 3.10. The van der Waals surface area contributed by atoms with E-state index in [2.05, 4.69) is 20.3 Å². The first-order valence-electron chi connectivity index (χ1n) is 8.22. The Morgan fingerprint density at radius 1 is 1.23 bits per heavy atom. The second kappa shape index (κ2) is 8.01. The lowest BCUT2D eigenvalue weighted by Crippen LogP contribution is -2.35. The van der Waals surface area contributed by atoms with E-state index in [0.29, 0.717) is 10.7 Å². The highest BCUT2D eigenvalue weighted by Crippen LogP contribution is 2.30. The van der Waals surface area contributed by atoms with Gasteiger partial charge in [-0.1, -0.05) is 19.1 Å². The van der Waals surface area contributed by atoms with E-state index in [9.17, 15) is 9.59 Å². The van der Waals surface area contributed by atoms with Crippen LogP contribution in [0.3, 0.4) is 0 Å². The minimum absolute atomic E-state index is 0.0241. The van der Waals surface area contributed by atoms with Crippen LogP contribution in [0.25, 0.3) is 20.9 Å². The Hall–Kier alpha value is -2.87. The van der Waals surface area contributed by atoms with Gasteiger partial charge >= 0.3 is 5.97 Å². The number of carbonyl (C=O) groups excluding carboxylic acids is 2. The van der Waals surface area contributed by atoms with Gasteiger partial charge in [0.1, 0.15) is 10.7 Å². The van der Waals surface area contributed by atoms with Crippen LogP contribution in [0.15, 0.2) is 36.7 Å². The van der Waals surface area contributed by atoms with Gasteiger partial charge in [0.05, 0.1) is 10.2 Å². The first-order valence-corrected chi connectivity index (χ1v) is 9.03. The summed E-state index contributed by atoms with van der Waals surface area (Å²) in [7, 11) is 0. The summed E-state index contributed by atoms with van der Waals surface area (Å²) in [4.78, 5) is 37.0. The maximum absolute atomic E-state index is 12.4. The lowest BCUT2D eigenvalue weighted by atomic mass is 10.2. The lowest BCUT2D eigenvalue weighted by molar-refractivity contribution is -0.124.